The summed E-state index contributed by atoms with van der Waals surface area (Å²) in [5, 5.41) is 9.18. The van der Waals surface area contributed by atoms with Crippen LogP contribution in [-0.2, 0) is 11.3 Å². The summed E-state index contributed by atoms with van der Waals surface area (Å²) in [6.07, 6.45) is 3.37. The number of aromatic nitrogens is 2. The maximum absolute atomic E-state index is 11.6. The van der Waals surface area contributed by atoms with E-state index in [2.05, 4.69) is 15.5 Å². The van der Waals surface area contributed by atoms with E-state index in [1.165, 1.54) is 0 Å². The fourth-order valence-electron chi connectivity index (χ4n) is 1.49. The van der Waals surface area contributed by atoms with Crippen LogP contribution in [0.3, 0.4) is 0 Å². The van der Waals surface area contributed by atoms with Crippen LogP contribution in [0.5, 0.6) is 5.75 Å². The van der Waals surface area contributed by atoms with Gasteiger partial charge in [0, 0.05) is 23.9 Å². The standard InChI is InChI=1S/C13H14N4O2S/c14-13(20)10-1-3-11(4-2-10)19-8-12(18)15-5-9-6-16-17-7-9/h1-4,6-7H,5,8H2,(H2,14,20)(H,15,18)(H,16,17). The number of carbonyl (C=O) groups excluding carboxylic acids is 1. The fraction of sp³-hybridized carbons (Fsp3) is 0.154. The van der Waals surface area contributed by atoms with Gasteiger partial charge in [-0.3, -0.25) is 9.89 Å². The molecule has 0 aliphatic heterocycles. The number of carbonyl (C=O) groups is 1. The number of hydrogen-bond acceptors (Lipinski definition) is 4. The Balaban J connectivity index is 1.76. The first kappa shape index (κ1) is 14.0. The van der Waals surface area contributed by atoms with Crippen LogP contribution in [0, 0.1) is 0 Å². The third kappa shape index (κ3) is 4.06. The van der Waals surface area contributed by atoms with Crippen LogP contribution in [-0.4, -0.2) is 27.7 Å². The number of nitrogens with two attached hydrogens (primary N) is 1. The van der Waals surface area contributed by atoms with Gasteiger partial charge in [0.15, 0.2) is 6.61 Å². The van der Waals surface area contributed by atoms with E-state index in [1.54, 1.807) is 36.7 Å². The van der Waals surface area contributed by atoms with E-state index in [0.29, 0.717) is 17.3 Å². The van der Waals surface area contributed by atoms with Crippen molar-refractivity contribution in [1.82, 2.24) is 15.5 Å². The molecule has 7 heteroatoms. The van der Waals surface area contributed by atoms with E-state index in [9.17, 15) is 4.79 Å². The minimum absolute atomic E-state index is 0.0513. The number of benzene rings is 1. The van der Waals surface area contributed by atoms with Gasteiger partial charge in [0.05, 0.1) is 6.20 Å². The van der Waals surface area contributed by atoms with E-state index < -0.39 is 0 Å². The zero-order valence-corrected chi connectivity index (χ0v) is 11.4. The van der Waals surface area contributed by atoms with Gasteiger partial charge >= 0.3 is 0 Å². The lowest BCUT2D eigenvalue weighted by atomic mass is 10.2. The van der Waals surface area contributed by atoms with Gasteiger partial charge in [-0.2, -0.15) is 5.10 Å². The number of nitrogens with one attached hydrogen (secondary N) is 2. The molecule has 1 heterocycles. The number of hydrogen-bond donors (Lipinski definition) is 3. The van der Waals surface area contributed by atoms with Gasteiger partial charge in [-0.15, -0.1) is 0 Å². The first-order valence-corrected chi connectivity index (χ1v) is 6.33. The Hall–Kier alpha value is -2.41. The van der Waals surface area contributed by atoms with Crippen LogP contribution in [0.4, 0.5) is 0 Å². The molecule has 1 amide bonds. The van der Waals surface area contributed by atoms with Crippen molar-refractivity contribution >= 4 is 23.1 Å². The third-order valence-corrected chi connectivity index (χ3v) is 2.79. The Labute approximate surface area is 121 Å². The smallest absolute Gasteiger partial charge is 0.258 e. The number of thiocarbonyl (C=S) groups is 1. The molecule has 0 radical (unpaired) electrons. The number of aromatic amines is 1. The number of amides is 1. The highest BCUT2D eigenvalue weighted by Gasteiger charge is 2.04. The van der Waals surface area contributed by atoms with Crippen molar-refractivity contribution in [1.29, 1.82) is 0 Å². The predicted molar refractivity (Wildman–Crippen MR) is 78.3 cm³/mol. The fourth-order valence-corrected chi connectivity index (χ4v) is 1.63. The molecule has 1 aromatic heterocycles. The van der Waals surface area contributed by atoms with Crippen molar-refractivity contribution in [3.8, 4) is 5.75 Å². The molecule has 6 nitrogen and oxygen atoms in total. The molecule has 0 unspecified atom stereocenters. The highest BCUT2D eigenvalue weighted by molar-refractivity contribution is 7.80. The average molecular weight is 290 g/mol. The van der Waals surface area contributed by atoms with Crippen LogP contribution in [0.15, 0.2) is 36.7 Å². The summed E-state index contributed by atoms with van der Waals surface area (Å²) in [5.74, 6) is 0.382. The largest absolute Gasteiger partial charge is 0.484 e. The van der Waals surface area contributed by atoms with E-state index in [1.807, 2.05) is 0 Å². The Morgan fingerprint density at radius 3 is 2.75 bits per heavy atom. The van der Waals surface area contributed by atoms with Gasteiger partial charge in [-0.1, -0.05) is 12.2 Å². The number of ether oxygens (including phenoxy) is 1. The summed E-state index contributed by atoms with van der Waals surface area (Å²) in [5.41, 5.74) is 7.15. The van der Waals surface area contributed by atoms with E-state index in [4.69, 9.17) is 22.7 Å². The predicted octanol–water partition coefficient (Wildman–Crippen LogP) is 0.739. The highest BCUT2D eigenvalue weighted by atomic mass is 32.1. The second-order valence-corrected chi connectivity index (χ2v) is 4.50. The zero-order chi connectivity index (χ0) is 14.4. The van der Waals surface area contributed by atoms with Gasteiger partial charge in [0.25, 0.3) is 5.91 Å². The minimum atomic E-state index is -0.204. The molecule has 4 N–H and O–H groups in total. The maximum Gasteiger partial charge on any atom is 0.258 e. The topological polar surface area (TPSA) is 93.0 Å². The summed E-state index contributed by atoms with van der Waals surface area (Å²) in [4.78, 5) is 11.9. The van der Waals surface area contributed by atoms with Crippen molar-refractivity contribution < 1.29 is 9.53 Å². The Bertz CT molecular complexity index is 581. The highest BCUT2D eigenvalue weighted by Crippen LogP contribution is 2.11. The molecule has 1 aromatic carbocycles. The van der Waals surface area contributed by atoms with Crippen molar-refractivity contribution in [2.75, 3.05) is 6.61 Å². The molecule has 0 saturated heterocycles. The molecular formula is C13H14N4O2S. The molecular weight excluding hydrogens is 276 g/mol. The average Bonchev–Trinajstić information content (AvgIpc) is 2.96. The lowest BCUT2D eigenvalue weighted by Crippen LogP contribution is -2.28. The molecule has 0 aliphatic carbocycles. The van der Waals surface area contributed by atoms with E-state index in [-0.39, 0.29) is 12.5 Å². The lowest BCUT2D eigenvalue weighted by Gasteiger charge is -2.07. The summed E-state index contributed by atoms with van der Waals surface area (Å²) < 4.78 is 5.35. The monoisotopic (exact) mass is 290 g/mol. The van der Waals surface area contributed by atoms with E-state index in [0.717, 1.165) is 11.1 Å². The number of H-pyrrole nitrogens is 1. The van der Waals surface area contributed by atoms with Gasteiger partial charge in [-0.25, -0.2) is 0 Å². The van der Waals surface area contributed by atoms with Crippen molar-refractivity contribution in [3.63, 3.8) is 0 Å². The maximum atomic E-state index is 11.6. The molecule has 0 aliphatic rings. The molecule has 2 rings (SSSR count). The Morgan fingerprint density at radius 2 is 2.15 bits per heavy atom. The summed E-state index contributed by atoms with van der Waals surface area (Å²) in [6, 6.07) is 6.94. The third-order valence-electron chi connectivity index (χ3n) is 2.55. The van der Waals surface area contributed by atoms with Crippen molar-refractivity contribution in [3.05, 3.63) is 47.8 Å². The minimum Gasteiger partial charge on any atom is -0.484 e. The van der Waals surface area contributed by atoms with Gasteiger partial charge < -0.3 is 15.8 Å². The molecule has 0 saturated carbocycles. The van der Waals surface area contributed by atoms with Crippen molar-refractivity contribution in [2.24, 2.45) is 5.73 Å². The SMILES string of the molecule is NC(=S)c1ccc(OCC(=O)NCc2cn[nH]c2)cc1. The summed E-state index contributed by atoms with van der Waals surface area (Å²) in [7, 11) is 0. The number of rotatable bonds is 6. The summed E-state index contributed by atoms with van der Waals surface area (Å²) in [6.45, 7) is 0.364. The molecule has 0 atom stereocenters. The molecule has 0 bridgehead atoms. The number of nitrogens with zero attached hydrogens (tertiary/aromatic N) is 1. The van der Waals surface area contributed by atoms with E-state index >= 15 is 0 Å². The molecule has 0 fully saturated rings. The molecule has 2 aromatic rings. The van der Waals surface area contributed by atoms with Crippen LogP contribution in [0.2, 0.25) is 0 Å². The summed E-state index contributed by atoms with van der Waals surface area (Å²) >= 11 is 4.85. The Kier molecular flexibility index (Phi) is 4.67. The molecule has 20 heavy (non-hydrogen) atoms. The second-order valence-electron chi connectivity index (χ2n) is 4.06. The van der Waals surface area contributed by atoms with Crippen LogP contribution in [0.1, 0.15) is 11.1 Å². The van der Waals surface area contributed by atoms with Crippen LogP contribution in [0.25, 0.3) is 0 Å². The lowest BCUT2D eigenvalue weighted by molar-refractivity contribution is -0.123. The molecule has 0 spiro atoms. The zero-order valence-electron chi connectivity index (χ0n) is 10.6. The normalized spacial score (nSPS) is 10.0. The molecule has 104 valence electrons. The van der Waals surface area contributed by atoms with Crippen molar-refractivity contribution in [2.45, 2.75) is 6.54 Å². The van der Waals surface area contributed by atoms with Crippen LogP contribution >= 0.6 is 12.2 Å². The quantitative estimate of drug-likeness (QED) is 0.682. The van der Waals surface area contributed by atoms with Gasteiger partial charge in [0.2, 0.25) is 0 Å². The first-order chi connectivity index (χ1) is 9.65. The van der Waals surface area contributed by atoms with Gasteiger partial charge in [-0.05, 0) is 24.3 Å². The second kappa shape index (κ2) is 6.67. The Morgan fingerprint density at radius 1 is 1.40 bits per heavy atom. The first-order valence-electron chi connectivity index (χ1n) is 5.92. The van der Waals surface area contributed by atoms with Crippen LogP contribution < -0.4 is 15.8 Å². The van der Waals surface area contributed by atoms with Gasteiger partial charge in [0.1, 0.15) is 10.7 Å².